The van der Waals surface area contributed by atoms with Crippen LogP contribution in [0, 0.1) is 6.92 Å². The molecule has 1 aliphatic rings. The summed E-state index contributed by atoms with van der Waals surface area (Å²) >= 11 is 1.33. The van der Waals surface area contributed by atoms with Gasteiger partial charge in [-0.15, -0.1) is 11.3 Å². The Kier molecular flexibility index (Phi) is 6.05. The zero-order valence-electron chi connectivity index (χ0n) is 15.4. The van der Waals surface area contributed by atoms with Gasteiger partial charge in [-0.25, -0.2) is 19.4 Å². The highest BCUT2D eigenvalue weighted by Gasteiger charge is 2.25. The summed E-state index contributed by atoms with van der Waals surface area (Å²) in [7, 11) is 0. The Morgan fingerprint density at radius 3 is 2.64 bits per heavy atom. The van der Waals surface area contributed by atoms with E-state index in [1.165, 1.54) is 11.3 Å². The quantitative estimate of drug-likeness (QED) is 0.720. The lowest BCUT2D eigenvalue weighted by atomic mass is 10.1. The predicted octanol–water partition coefficient (Wildman–Crippen LogP) is 2.41. The lowest BCUT2D eigenvalue weighted by molar-refractivity contribution is -0.138. The number of hydrogen-bond donors (Lipinski definition) is 2. The van der Waals surface area contributed by atoms with Crippen LogP contribution in [0.3, 0.4) is 0 Å². The van der Waals surface area contributed by atoms with Gasteiger partial charge in [-0.1, -0.05) is 29.8 Å². The number of benzene rings is 1. The molecule has 146 valence electrons. The van der Waals surface area contributed by atoms with Gasteiger partial charge in [0.15, 0.2) is 5.69 Å². The first-order valence-electron chi connectivity index (χ1n) is 8.61. The number of carbonyl (C=O) groups is 3. The molecule has 3 rings (SSSR count). The molecule has 0 fully saturated rings. The van der Waals surface area contributed by atoms with Crippen molar-refractivity contribution in [3.05, 3.63) is 52.2 Å². The molecule has 2 aromatic rings. The Labute approximate surface area is 165 Å². The van der Waals surface area contributed by atoms with E-state index in [1.54, 1.807) is 12.3 Å². The van der Waals surface area contributed by atoms with Gasteiger partial charge in [-0.3, -0.25) is 0 Å². The van der Waals surface area contributed by atoms with Crippen molar-refractivity contribution in [2.24, 2.45) is 0 Å². The van der Waals surface area contributed by atoms with Gasteiger partial charge in [0.25, 0.3) is 0 Å². The molecule has 0 bridgehead atoms. The van der Waals surface area contributed by atoms with E-state index in [0.717, 1.165) is 11.1 Å². The largest absolute Gasteiger partial charge is 0.463 e. The standard InChI is InChI=1S/C19H19N3O5S/c1-3-26-17(23)13-8-20-19(25)22-14(13)9-27-18(24)15-10-28-16(21-15)12-6-4-11(2)5-7-12/h4-7,10H,3,8-9H2,1-2H3,(H2,20,22,25). The van der Waals surface area contributed by atoms with Gasteiger partial charge < -0.3 is 20.1 Å². The number of hydrogen-bond acceptors (Lipinski definition) is 7. The molecular weight excluding hydrogens is 382 g/mol. The second-order valence-corrected chi connectivity index (χ2v) is 6.82. The summed E-state index contributed by atoms with van der Waals surface area (Å²) in [6, 6.07) is 7.33. The van der Waals surface area contributed by atoms with Gasteiger partial charge in [0, 0.05) is 10.9 Å². The van der Waals surface area contributed by atoms with Crippen molar-refractivity contribution < 1.29 is 23.9 Å². The van der Waals surface area contributed by atoms with Crippen LogP contribution in [0.25, 0.3) is 10.6 Å². The summed E-state index contributed by atoms with van der Waals surface area (Å²) in [5.41, 5.74) is 2.62. The molecule has 8 nitrogen and oxygen atoms in total. The van der Waals surface area contributed by atoms with E-state index >= 15 is 0 Å². The number of ether oxygens (including phenoxy) is 2. The van der Waals surface area contributed by atoms with E-state index in [0.29, 0.717) is 5.01 Å². The average molecular weight is 401 g/mol. The molecule has 0 radical (unpaired) electrons. The molecule has 0 unspecified atom stereocenters. The van der Waals surface area contributed by atoms with Gasteiger partial charge in [0.1, 0.15) is 11.6 Å². The fraction of sp³-hybridized carbons (Fsp3) is 0.263. The SMILES string of the molecule is CCOC(=O)C1=C(COC(=O)c2csc(-c3ccc(C)cc3)n2)NC(=O)NC1. The fourth-order valence-electron chi connectivity index (χ4n) is 2.48. The number of aromatic nitrogens is 1. The van der Waals surface area contributed by atoms with Crippen molar-refractivity contribution in [3.8, 4) is 10.6 Å². The summed E-state index contributed by atoms with van der Waals surface area (Å²) in [4.78, 5) is 40.2. The number of nitrogens with zero attached hydrogens (tertiary/aromatic N) is 1. The molecule has 2 N–H and O–H groups in total. The molecule has 2 amide bonds. The molecule has 1 aromatic heterocycles. The van der Waals surface area contributed by atoms with E-state index in [4.69, 9.17) is 9.47 Å². The smallest absolute Gasteiger partial charge is 0.358 e. The van der Waals surface area contributed by atoms with Crippen LogP contribution < -0.4 is 10.6 Å². The zero-order valence-corrected chi connectivity index (χ0v) is 16.2. The second kappa shape index (κ2) is 8.66. The summed E-state index contributed by atoms with van der Waals surface area (Å²) in [5, 5.41) is 7.28. The first kappa shape index (κ1) is 19.6. The van der Waals surface area contributed by atoms with Crippen molar-refractivity contribution in [1.82, 2.24) is 15.6 Å². The van der Waals surface area contributed by atoms with Crippen molar-refractivity contribution >= 4 is 29.3 Å². The van der Waals surface area contributed by atoms with E-state index in [2.05, 4.69) is 15.6 Å². The molecule has 0 spiro atoms. The number of amides is 2. The van der Waals surface area contributed by atoms with Gasteiger partial charge in [0.05, 0.1) is 24.4 Å². The van der Waals surface area contributed by atoms with Crippen LogP contribution in [0.5, 0.6) is 0 Å². The molecular formula is C19H19N3O5S. The fourth-order valence-corrected chi connectivity index (χ4v) is 3.27. The Bertz CT molecular complexity index is 933. The maximum Gasteiger partial charge on any atom is 0.358 e. The summed E-state index contributed by atoms with van der Waals surface area (Å²) in [6.45, 7) is 3.61. The van der Waals surface area contributed by atoms with Crippen molar-refractivity contribution in [3.63, 3.8) is 0 Å². The normalized spacial score (nSPS) is 13.6. The molecule has 0 saturated carbocycles. The molecule has 0 saturated heterocycles. The summed E-state index contributed by atoms with van der Waals surface area (Å²) in [6.07, 6.45) is 0. The van der Waals surface area contributed by atoms with E-state index in [-0.39, 0.29) is 36.7 Å². The van der Waals surface area contributed by atoms with E-state index in [1.807, 2.05) is 31.2 Å². The minimum atomic E-state index is -0.641. The first-order valence-corrected chi connectivity index (χ1v) is 9.49. The third kappa shape index (κ3) is 4.55. The first-order chi connectivity index (χ1) is 13.5. The Hall–Kier alpha value is -3.20. The molecule has 1 aliphatic heterocycles. The predicted molar refractivity (Wildman–Crippen MR) is 103 cm³/mol. The number of rotatable bonds is 6. The van der Waals surface area contributed by atoms with Crippen LogP contribution >= 0.6 is 11.3 Å². The Balaban J connectivity index is 1.69. The third-order valence-electron chi connectivity index (χ3n) is 3.94. The molecule has 2 heterocycles. The monoisotopic (exact) mass is 401 g/mol. The number of aryl methyl sites for hydroxylation is 1. The molecule has 0 atom stereocenters. The highest BCUT2D eigenvalue weighted by Crippen LogP contribution is 2.24. The van der Waals surface area contributed by atoms with Gasteiger partial charge >= 0.3 is 18.0 Å². The van der Waals surface area contributed by atoms with Crippen molar-refractivity contribution in [1.29, 1.82) is 0 Å². The van der Waals surface area contributed by atoms with Crippen LogP contribution in [0.1, 0.15) is 23.0 Å². The summed E-state index contributed by atoms with van der Waals surface area (Å²) in [5.74, 6) is -1.21. The number of carbonyl (C=O) groups excluding carboxylic acids is 3. The maximum absolute atomic E-state index is 12.3. The Morgan fingerprint density at radius 1 is 1.18 bits per heavy atom. The van der Waals surface area contributed by atoms with Crippen molar-refractivity contribution in [2.45, 2.75) is 13.8 Å². The van der Waals surface area contributed by atoms with Crippen LogP contribution in [0.2, 0.25) is 0 Å². The van der Waals surface area contributed by atoms with E-state index in [9.17, 15) is 14.4 Å². The summed E-state index contributed by atoms with van der Waals surface area (Å²) < 4.78 is 10.2. The lowest BCUT2D eigenvalue weighted by Crippen LogP contribution is -2.45. The number of esters is 2. The molecule has 1 aromatic carbocycles. The van der Waals surface area contributed by atoms with Crippen LogP contribution in [0.15, 0.2) is 40.9 Å². The van der Waals surface area contributed by atoms with Crippen LogP contribution in [0.4, 0.5) is 4.79 Å². The second-order valence-electron chi connectivity index (χ2n) is 5.97. The average Bonchev–Trinajstić information content (AvgIpc) is 3.17. The molecule has 28 heavy (non-hydrogen) atoms. The number of urea groups is 1. The van der Waals surface area contributed by atoms with Crippen LogP contribution in [-0.4, -0.2) is 42.7 Å². The van der Waals surface area contributed by atoms with Gasteiger partial charge in [-0.05, 0) is 13.8 Å². The van der Waals surface area contributed by atoms with Crippen molar-refractivity contribution in [2.75, 3.05) is 19.8 Å². The number of nitrogens with one attached hydrogen (secondary N) is 2. The van der Waals surface area contributed by atoms with Gasteiger partial charge in [0.2, 0.25) is 0 Å². The van der Waals surface area contributed by atoms with Crippen LogP contribution in [-0.2, 0) is 14.3 Å². The zero-order chi connectivity index (χ0) is 20.1. The highest BCUT2D eigenvalue weighted by atomic mass is 32.1. The highest BCUT2D eigenvalue weighted by molar-refractivity contribution is 7.13. The topological polar surface area (TPSA) is 107 Å². The Morgan fingerprint density at radius 2 is 1.93 bits per heavy atom. The minimum absolute atomic E-state index is 0.00578. The van der Waals surface area contributed by atoms with Gasteiger partial charge in [-0.2, -0.15) is 0 Å². The molecule has 0 aliphatic carbocycles. The third-order valence-corrected chi connectivity index (χ3v) is 4.83. The number of thiazole rings is 1. The molecule has 9 heteroatoms. The van der Waals surface area contributed by atoms with E-state index < -0.39 is 18.0 Å². The lowest BCUT2D eigenvalue weighted by Gasteiger charge is -2.20. The maximum atomic E-state index is 12.3. The minimum Gasteiger partial charge on any atom is -0.463 e.